The fraction of sp³-hybridized carbons (Fsp3) is 0.333. The van der Waals surface area contributed by atoms with E-state index < -0.39 is 24.0 Å². The summed E-state index contributed by atoms with van der Waals surface area (Å²) in [5, 5.41) is 11.6. The van der Waals surface area contributed by atoms with Crippen molar-refractivity contribution in [1.82, 2.24) is 5.32 Å². The number of carbonyl (C=O) groups is 2. The molecule has 0 saturated heterocycles. The second-order valence-corrected chi connectivity index (χ2v) is 4.59. The smallest absolute Gasteiger partial charge is 0.326 e. The maximum absolute atomic E-state index is 12.1. The molecule has 0 unspecified atom stereocenters. The van der Waals surface area contributed by atoms with Gasteiger partial charge in [0.2, 0.25) is 0 Å². The molecule has 108 valence electrons. The molecule has 0 aromatic heterocycles. The Bertz CT molecular complexity index is 484. The van der Waals surface area contributed by atoms with Crippen molar-refractivity contribution in [1.29, 1.82) is 0 Å². The van der Waals surface area contributed by atoms with Crippen LogP contribution in [-0.2, 0) is 14.3 Å². The second-order valence-electron chi connectivity index (χ2n) is 4.59. The number of carboxylic acid groups (broad SMARTS) is 1. The molecule has 0 spiro atoms. The fourth-order valence-electron chi connectivity index (χ4n) is 1.82. The predicted octanol–water partition coefficient (Wildman–Crippen LogP) is 1.91. The van der Waals surface area contributed by atoms with Gasteiger partial charge in [-0.05, 0) is 18.9 Å². The summed E-state index contributed by atoms with van der Waals surface area (Å²) in [6.07, 6.45) is -0.644. The zero-order valence-electron chi connectivity index (χ0n) is 11.6. The third-order valence-electron chi connectivity index (χ3n) is 2.74. The monoisotopic (exact) mass is 277 g/mol. The summed E-state index contributed by atoms with van der Waals surface area (Å²) in [7, 11) is 1.41. The lowest BCUT2D eigenvalue weighted by molar-refractivity contribution is -0.144. The molecule has 5 nitrogen and oxygen atoms in total. The molecule has 1 aromatic carbocycles. The van der Waals surface area contributed by atoms with Gasteiger partial charge in [0.05, 0.1) is 0 Å². The minimum Gasteiger partial charge on any atom is -0.480 e. The molecule has 20 heavy (non-hydrogen) atoms. The van der Waals surface area contributed by atoms with Gasteiger partial charge in [0.1, 0.15) is 6.04 Å². The van der Waals surface area contributed by atoms with Crippen molar-refractivity contribution in [3.05, 3.63) is 48.0 Å². The molecule has 0 fully saturated rings. The number of rotatable bonds is 7. The first kappa shape index (κ1) is 15.9. The van der Waals surface area contributed by atoms with Gasteiger partial charge in [0.15, 0.2) is 6.10 Å². The van der Waals surface area contributed by atoms with Crippen LogP contribution in [0.2, 0.25) is 0 Å². The second kappa shape index (κ2) is 7.45. The van der Waals surface area contributed by atoms with Crippen LogP contribution in [0.25, 0.3) is 0 Å². The molecule has 0 saturated carbocycles. The molecule has 0 aliphatic rings. The minimum absolute atomic E-state index is 0.187. The largest absolute Gasteiger partial charge is 0.480 e. The van der Waals surface area contributed by atoms with E-state index in [9.17, 15) is 9.59 Å². The zero-order valence-corrected chi connectivity index (χ0v) is 11.6. The Kier molecular flexibility index (Phi) is 5.93. The number of hydrogen-bond acceptors (Lipinski definition) is 3. The number of benzene rings is 1. The Morgan fingerprint density at radius 1 is 1.35 bits per heavy atom. The first-order valence-electron chi connectivity index (χ1n) is 6.21. The molecular weight excluding hydrogens is 258 g/mol. The third-order valence-corrected chi connectivity index (χ3v) is 2.74. The maximum Gasteiger partial charge on any atom is 0.326 e. The van der Waals surface area contributed by atoms with Gasteiger partial charge in [-0.3, -0.25) is 4.79 Å². The Morgan fingerprint density at radius 2 is 1.95 bits per heavy atom. The molecule has 1 rings (SSSR count). The van der Waals surface area contributed by atoms with Crippen molar-refractivity contribution in [2.75, 3.05) is 7.11 Å². The van der Waals surface area contributed by atoms with Crippen LogP contribution in [0.5, 0.6) is 0 Å². The lowest BCUT2D eigenvalue weighted by Gasteiger charge is -2.19. The van der Waals surface area contributed by atoms with Gasteiger partial charge >= 0.3 is 5.97 Å². The molecule has 0 heterocycles. The first-order chi connectivity index (χ1) is 9.45. The molecule has 5 heteroatoms. The van der Waals surface area contributed by atoms with Crippen LogP contribution in [0.15, 0.2) is 42.5 Å². The number of nitrogens with one attached hydrogen (secondary N) is 1. The SMILES string of the molecule is C=C(C)C[C@@H](NC(=O)[C@H](OC)c1ccccc1)C(=O)O. The van der Waals surface area contributed by atoms with Crippen molar-refractivity contribution in [3.8, 4) is 0 Å². The Labute approximate surface area is 118 Å². The highest BCUT2D eigenvalue weighted by Crippen LogP contribution is 2.17. The standard InChI is InChI=1S/C15H19NO4/c1-10(2)9-12(15(18)19)16-14(17)13(20-3)11-7-5-4-6-8-11/h4-8,12-13H,1,9H2,2-3H3,(H,16,17)(H,18,19)/t12-,13-/m1/s1. The number of methoxy groups -OCH3 is 1. The third kappa shape index (κ3) is 4.51. The van der Waals surface area contributed by atoms with Crippen molar-refractivity contribution < 1.29 is 19.4 Å². The number of carbonyl (C=O) groups excluding carboxylic acids is 1. The molecule has 2 atom stereocenters. The van der Waals surface area contributed by atoms with Crippen molar-refractivity contribution in [2.45, 2.75) is 25.5 Å². The average molecular weight is 277 g/mol. The summed E-state index contributed by atoms with van der Waals surface area (Å²) < 4.78 is 5.16. The summed E-state index contributed by atoms with van der Waals surface area (Å²) in [6.45, 7) is 5.38. The molecular formula is C15H19NO4. The van der Waals surface area contributed by atoms with E-state index in [1.54, 1.807) is 31.2 Å². The Balaban J connectivity index is 2.81. The van der Waals surface area contributed by atoms with E-state index in [4.69, 9.17) is 9.84 Å². The zero-order chi connectivity index (χ0) is 15.1. The maximum atomic E-state index is 12.1. The Morgan fingerprint density at radius 3 is 2.40 bits per heavy atom. The highest BCUT2D eigenvalue weighted by molar-refractivity contribution is 5.87. The summed E-state index contributed by atoms with van der Waals surface area (Å²) >= 11 is 0. The van der Waals surface area contributed by atoms with Crippen molar-refractivity contribution in [2.24, 2.45) is 0 Å². The highest BCUT2D eigenvalue weighted by atomic mass is 16.5. The Hall–Kier alpha value is -2.14. The fourth-order valence-corrected chi connectivity index (χ4v) is 1.82. The molecule has 1 amide bonds. The molecule has 0 aliphatic carbocycles. The summed E-state index contributed by atoms with van der Waals surface area (Å²) in [4.78, 5) is 23.3. The first-order valence-corrected chi connectivity index (χ1v) is 6.21. The van der Waals surface area contributed by atoms with E-state index in [-0.39, 0.29) is 6.42 Å². The van der Waals surface area contributed by atoms with Crippen LogP contribution in [0, 0.1) is 0 Å². The summed E-state index contributed by atoms with van der Waals surface area (Å²) in [6, 6.07) is 7.91. The number of carboxylic acids is 1. The lowest BCUT2D eigenvalue weighted by atomic mass is 10.1. The molecule has 1 aromatic rings. The van der Waals surface area contributed by atoms with Gasteiger partial charge in [-0.2, -0.15) is 0 Å². The lowest BCUT2D eigenvalue weighted by Crippen LogP contribution is -2.43. The van der Waals surface area contributed by atoms with E-state index in [1.165, 1.54) is 7.11 Å². The number of hydrogen-bond donors (Lipinski definition) is 2. The van der Waals surface area contributed by atoms with Crippen LogP contribution in [0.4, 0.5) is 0 Å². The number of ether oxygens (including phenoxy) is 1. The number of aliphatic carboxylic acids is 1. The van der Waals surface area contributed by atoms with E-state index >= 15 is 0 Å². The molecule has 0 bridgehead atoms. The van der Waals surface area contributed by atoms with Crippen LogP contribution in [-0.4, -0.2) is 30.1 Å². The van der Waals surface area contributed by atoms with Gasteiger partial charge in [-0.1, -0.05) is 35.9 Å². The normalized spacial score (nSPS) is 13.3. The average Bonchev–Trinajstić information content (AvgIpc) is 2.39. The molecule has 2 N–H and O–H groups in total. The topological polar surface area (TPSA) is 75.6 Å². The van der Waals surface area contributed by atoms with Crippen molar-refractivity contribution in [3.63, 3.8) is 0 Å². The molecule has 0 radical (unpaired) electrons. The van der Waals surface area contributed by atoms with Crippen LogP contribution in [0.3, 0.4) is 0 Å². The quantitative estimate of drug-likeness (QED) is 0.746. The van der Waals surface area contributed by atoms with Gasteiger partial charge in [0, 0.05) is 7.11 Å². The van der Waals surface area contributed by atoms with E-state index in [0.717, 1.165) is 0 Å². The van der Waals surface area contributed by atoms with Crippen LogP contribution in [0.1, 0.15) is 25.0 Å². The van der Waals surface area contributed by atoms with Gasteiger partial charge in [0.25, 0.3) is 5.91 Å². The predicted molar refractivity (Wildman–Crippen MR) is 75.2 cm³/mol. The van der Waals surface area contributed by atoms with Crippen LogP contribution < -0.4 is 5.32 Å². The van der Waals surface area contributed by atoms with E-state index in [2.05, 4.69) is 11.9 Å². The highest BCUT2D eigenvalue weighted by Gasteiger charge is 2.26. The van der Waals surface area contributed by atoms with Gasteiger partial charge in [-0.25, -0.2) is 4.79 Å². The van der Waals surface area contributed by atoms with E-state index in [0.29, 0.717) is 11.1 Å². The van der Waals surface area contributed by atoms with Gasteiger partial charge < -0.3 is 15.2 Å². The van der Waals surface area contributed by atoms with Gasteiger partial charge in [-0.15, -0.1) is 6.58 Å². The van der Waals surface area contributed by atoms with Crippen LogP contribution >= 0.6 is 0 Å². The number of amides is 1. The summed E-state index contributed by atoms with van der Waals surface area (Å²) in [5.74, 6) is -1.57. The molecule has 0 aliphatic heterocycles. The van der Waals surface area contributed by atoms with Crippen molar-refractivity contribution >= 4 is 11.9 Å². The summed E-state index contributed by atoms with van der Waals surface area (Å²) in [5.41, 5.74) is 1.36. The van der Waals surface area contributed by atoms with E-state index in [1.807, 2.05) is 6.07 Å². The minimum atomic E-state index is -1.09.